The number of fused-ring (bicyclic) bond motifs is 1. The van der Waals surface area contributed by atoms with Gasteiger partial charge in [0.05, 0.1) is 11.4 Å². The molecule has 0 bridgehead atoms. The molecule has 2 aromatic rings. The van der Waals surface area contributed by atoms with E-state index in [0.717, 1.165) is 0 Å². The van der Waals surface area contributed by atoms with Crippen molar-refractivity contribution in [1.82, 2.24) is 10.3 Å². The maximum atomic E-state index is 12.9. The summed E-state index contributed by atoms with van der Waals surface area (Å²) < 4.78 is 0. The molecule has 0 radical (unpaired) electrons. The Labute approximate surface area is 161 Å². The molecule has 2 heterocycles. The van der Waals surface area contributed by atoms with E-state index in [2.05, 4.69) is 20.9 Å². The summed E-state index contributed by atoms with van der Waals surface area (Å²) >= 11 is 1.31. The van der Waals surface area contributed by atoms with Gasteiger partial charge in [-0.25, -0.2) is 9.78 Å². The standard InChI is InChI=1S/C18H21N5O3S/c1-3-11(2)15(16(25)22-17-19-8-9-27-17)21-18(26)23-10-14(24)20-12-6-4-5-7-13(12)23/h4-9,11,15H,3,10H2,1-2H3,(H,20,24)(H,21,26)(H,19,22,25)/t11-,15-/m0/s1. The number of benzene rings is 1. The zero-order valence-corrected chi connectivity index (χ0v) is 15.9. The van der Waals surface area contributed by atoms with Crippen LogP contribution < -0.4 is 20.9 Å². The van der Waals surface area contributed by atoms with Gasteiger partial charge in [0.1, 0.15) is 12.6 Å². The summed E-state index contributed by atoms with van der Waals surface area (Å²) in [6.45, 7) is 3.73. The molecule has 0 unspecified atom stereocenters. The fourth-order valence-corrected chi connectivity index (χ4v) is 3.33. The molecule has 0 aliphatic carbocycles. The number of carbonyl (C=O) groups excluding carboxylic acids is 3. The lowest BCUT2D eigenvalue weighted by Gasteiger charge is -2.31. The first kappa shape index (κ1) is 18.8. The number of aromatic nitrogens is 1. The number of para-hydroxylation sites is 2. The molecule has 0 fully saturated rings. The van der Waals surface area contributed by atoms with Crippen LogP contribution in [0.15, 0.2) is 35.8 Å². The minimum absolute atomic E-state index is 0.0947. The van der Waals surface area contributed by atoms with E-state index in [-0.39, 0.29) is 24.3 Å². The van der Waals surface area contributed by atoms with Crippen LogP contribution in [0.2, 0.25) is 0 Å². The molecule has 3 N–H and O–H groups in total. The molecule has 9 heteroatoms. The number of urea groups is 1. The Morgan fingerprint density at radius 2 is 2.15 bits per heavy atom. The summed E-state index contributed by atoms with van der Waals surface area (Å²) in [4.78, 5) is 42.9. The Morgan fingerprint density at radius 3 is 2.85 bits per heavy atom. The minimum Gasteiger partial charge on any atom is -0.326 e. The second-order valence-electron chi connectivity index (χ2n) is 6.29. The molecule has 8 nitrogen and oxygen atoms in total. The van der Waals surface area contributed by atoms with Gasteiger partial charge >= 0.3 is 6.03 Å². The molecular formula is C18H21N5O3S. The number of carbonyl (C=O) groups is 3. The van der Waals surface area contributed by atoms with Crippen LogP contribution in [0.25, 0.3) is 0 Å². The first-order valence-corrected chi connectivity index (χ1v) is 9.54. The van der Waals surface area contributed by atoms with Gasteiger partial charge in [0.2, 0.25) is 11.8 Å². The van der Waals surface area contributed by atoms with Crippen molar-refractivity contribution in [3.63, 3.8) is 0 Å². The highest BCUT2D eigenvalue weighted by Crippen LogP contribution is 2.29. The third-order valence-corrected chi connectivity index (χ3v) is 5.14. The average Bonchev–Trinajstić information content (AvgIpc) is 3.17. The van der Waals surface area contributed by atoms with Gasteiger partial charge in [0.15, 0.2) is 5.13 Å². The molecular weight excluding hydrogens is 366 g/mol. The van der Waals surface area contributed by atoms with Crippen LogP contribution in [-0.2, 0) is 9.59 Å². The van der Waals surface area contributed by atoms with E-state index in [1.165, 1.54) is 16.2 Å². The number of anilines is 3. The van der Waals surface area contributed by atoms with Crippen LogP contribution in [0.4, 0.5) is 21.3 Å². The van der Waals surface area contributed by atoms with Crippen molar-refractivity contribution < 1.29 is 14.4 Å². The van der Waals surface area contributed by atoms with Crippen LogP contribution >= 0.6 is 11.3 Å². The molecule has 142 valence electrons. The fourth-order valence-electron chi connectivity index (χ4n) is 2.80. The van der Waals surface area contributed by atoms with E-state index < -0.39 is 12.1 Å². The molecule has 1 aliphatic heterocycles. The number of rotatable bonds is 5. The van der Waals surface area contributed by atoms with Gasteiger partial charge in [-0.05, 0) is 18.1 Å². The molecule has 0 saturated heterocycles. The smallest absolute Gasteiger partial charge is 0.323 e. The first-order valence-electron chi connectivity index (χ1n) is 8.67. The lowest BCUT2D eigenvalue weighted by molar-refractivity contribution is -0.119. The normalized spacial score (nSPS) is 15.3. The monoisotopic (exact) mass is 387 g/mol. The Hall–Kier alpha value is -2.94. The number of hydrogen-bond acceptors (Lipinski definition) is 5. The molecule has 1 aliphatic rings. The first-order chi connectivity index (χ1) is 13.0. The lowest BCUT2D eigenvalue weighted by Crippen LogP contribution is -2.54. The Morgan fingerprint density at radius 1 is 1.37 bits per heavy atom. The molecule has 3 rings (SSSR count). The zero-order valence-electron chi connectivity index (χ0n) is 15.1. The highest BCUT2D eigenvalue weighted by Gasteiger charge is 2.32. The Kier molecular flexibility index (Phi) is 5.70. The summed E-state index contributed by atoms with van der Waals surface area (Å²) in [5, 5.41) is 10.5. The van der Waals surface area contributed by atoms with E-state index in [1.807, 2.05) is 13.8 Å². The Balaban J connectivity index is 1.78. The number of amides is 4. The number of nitrogens with zero attached hydrogens (tertiary/aromatic N) is 2. The molecule has 4 amide bonds. The third kappa shape index (κ3) is 4.25. The van der Waals surface area contributed by atoms with E-state index >= 15 is 0 Å². The van der Waals surface area contributed by atoms with E-state index in [9.17, 15) is 14.4 Å². The van der Waals surface area contributed by atoms with Crippen LogP contribution in [0, 0.1) is 5.92 Å². The van der Waals surface area contributed by atoms with Crippen molar-refractivity contribution in [2.75, 3.05) is 22.1 Å². The number of nitrogens with one attached hydrogen (secondary N) is 3. The largest absolute Gasteiger partial charge is 0.326 e. The van der Waals surface area contributed by atoms with Crippen LogP contribution in [0.3, 0.4) is 0 Å². The van der Waals surface area contributed by atoms with Crippen molar-refractivity contribution in [2.24, 2.45) is 5.92 Å². The highest BCUT2D eigenvalue weighted by molar-refractivity contribution is 7.13. The van der Waals surface area contributed by atoms with Gasteiger partial charge in [-0.1, -0.05) is 32.4 Å². The zero-order chi connectivity index (χ0) is 19.4. The molecule has 1 aromatic carbocycles. The molecule has 1 aromatic heterocycles. The van der Waals surface area contributed by atoms with Crippen molar-refractivity contribution in [1.29, 1.82) is 0 Å². The van der Waals surface area contributed by atoms with Crippen molar-refractivity contribution in [3.8, 4) is 0 Å². The summed E-state index contributed by atoms with van der Waals surface area (Å²) in [5.41, 5.74) is 1.16. The van der Waals surface area contributed by atoms with Gasteiger partial charge in [-0.3, -0.25) is 14.5 Å². The second-order valence-corrected chi connectivity index (χ2v) is 7.19. The van der Waals surface area contributed by atoms with E-state index in [1.54, 1.807) is 35.8 Å². The van der Waals surface area contributed by atoms with Gasteiger partial charge < -0.3 is 16.0 Å². The summed E-state index contributed by atoms with van der Waals surface area (Å²) in [5.74, 6) is -0.707. The van der Waals surface area contributed by atoms with Gasteiger partial charge in [0, 0.05) is 11.6 Å². The fraction of sp³-hybridized carbons (Fsp3) is 0.333. The van der Waals surface area contributed by atoms with Gasteiger partial charge in [-0.15, -0.1) is 11.3 Å². The van der Waals surface area contributed by atoms with E-state index in [4.69, 9.17) is 0 Å². The molecule has 2 atom stereocenters. The highest BCUT2D eigenvalue weighted by atomic mass is 32.1. The summed E-state index contributed by atoms with van der Waals surface area (Å²) in [6, 6.07) is 5.82. The summed E-state index contributed by atoms with van der Waals surface area (Å²) in [7, 11) is 0. The predicted octanol–water partition coefficient (Wildman–Crippen LogP) is 2.66. The topological polar surface area (TPSA) is 103 Å². The number of hydrogen-bond donors (Lipinski definition) is 3. The Bertz CT molecular complexity index is 839. The molecule has 0 spiro atoms. The molecule has 0 saturated carbocycles. The lowest BCUT2D eigenvalue weighted by atomic mass is 9.98. The van der Waals surface area contributed by atoms with Crippen molar-refractivity contribution in [3.05, 3.63) is 35.8 Å². The average molecular weight is 387 g/mol. The molecule has 27 heavy (non-hydrogen) atoms. The summed E-state index contributed by atoms with van der Waals surface area (Å²) in [6.07, 6.45) is 2.30. The second kappa shape index (κ2) is 8.17. The number of thiazole rings is 1. The third-order valence-electron chi connectivity index (χ3n) is 4.45. The van der Waals surface area contributed by atoms with Gasteiger partial charge in [-0.2, -0.15) is 0 Å². The SMILES string of the molecule is CC[C@H](C)[C@H](NC(=O)N1CC(=O)Nc2ccccc21)C(=O)Nc1nccs1. The maximum Gasteiger partial charge on any atom is 0.323 e. The quantitative estimate of drug-likeness (QED) is 0.734. The van der Waals surface area contributed by atoms with Crippen LogP contribution in [0.1, 0.15) is 20.3 Å². The van der Waals surface area contributed by atoms with Crippen molar-refractivity contribution in [2.45, 2.75) is 26.3 Å². The van der Waals surface area contributed by atoms with Crippen LogP contribution in [0.5, 0.6) is 0 Å². The van der Waals surface area contributed by atoms with E-state index in [0.29, 0.717) is 22.9 Å². The van der Waals surface area contributed by atoms with Crippen molar-refractivity contribution >= 4 is 45.7 Å². The maximum absolute atomic E-state index is 12.9. The van der Waals surface area contributed by atoms with Crippen LogP contribution in [-0.4, -0.2) is 35.4 Å². The van der Waals surface area contributed by atoms with Gasteiger partial charge in [0.25, 0.3) is 0 Å². The minimum atomic E-state index is -0.747. The predicted molar refractivity (Wildman–Crippen MR) is 105 cm³/mol.